The average Bonchev–Trinajstić information content (AvgIpc) is 3.11. The van der Waals surface area contributed by atoms with Crippen molar-refractivity contribution < 1.29 is 9.59 Å². The molecule has 30 heavy (non-hydrogen) atoms. The normalized spacial score (nSPS) is 10.6. The molecule has 3 aromatic rings. The van der Waals surface area contributed by atoms with E-state index in [1.807, 2.05) is 73.9 Å². The van der Waals surface area contributed by atoms with Gasteiger partial charge < -0.3 is 15.2 Å². The number of carbonyl (C=O) groups excluding carboxylic acids is 2. The van der Waals surface area contributed by atoms with E-state index >= 15 is 0 Å². The Kier molecular flexibility index (Phi) is 7.24. The third-order valence-corrected chi connectivity index (χ3v) is 5.45. The third-order valence-electron chi connectivity index (χ3n) is 4.49. The highest BCUT2D eigenvalue weighted by Crippen LogP contribution is 2.20. The molecule has 0 aliphatic heterocycles. The van der Waals surface area contributed by atoms with E-state index in [1.165, 1.54) is 11.8 Å². The summed E-state index contributed by atoms with van der Waals surface area (Å²) >= 11 is 1.31. The number of thioether (sulfide) groups is 1. The maximum absolute atomic E-state index is 12.4. The monoisotopic (exact) mass is 423 g/mol. The lowest BCUT2D eigenvalue weighted by Gasteiger charge is -2.10. The lowest BCUT2D eigenvalue weighted by Crippen LogP contribution is -2.18. The van der Waals surface area contributed by atoms with E-state index in [1.54, 1.807) is 0 Å². The topological polar surface area (TPSA) is 88.9 Å². The van der Waals surface area contributed by atoms with Crippen molar-refractivity contribution in [3.8, 4) is 0 Å². The summed E-state index contributed by atoms with van der Waals surface area (Å²) in [7, 11) is 0. The molecule has 1 aromatic heterocycles. The van der Waals surface area contributed by atoms with Gasteiger partial charge in [0, 0.05) is 17.9 Å². The molecule has 0 aliphatic rings. The Labute approximate surface area is 180 Å². The molecule has 2 amide bonds. The van der Waals surface area contributed by atoms with Crippen LogP contribution in [0.3, 0.4) is 0 Å². The van der Waals surface area contributed by atoms with Gasteiger partial charge in [0.2, 0.25) is 11.8 Å². The van der Waals surface area contributed by atoms with Gasteiger partial charge in [-0.2, -0.15) is 0 Å². The highest BCUT2D eigenvalue weighted by Gasteiger charge is 2.16. The molecule has 0 fully saturated rings. The number of aryl methyl sites for hydroxylation is 2. The standard InChI is InChI=1S/C22H25N5O2S/c1-4-27-19(13-20(28)23-17-8-6-5-7-9-17)25-26-22(27)30-14-21(29)24-18-12-15(2)10-11-16(18)3/h5-12H,4,13-14H2,1-3H3,(H,23,28)(H,24,29). The molecule has 1 heterocycles. The zero-order valence-corrected chi connectivity index (χ0v) is 18.1. The van der Waals surface area contributed by atoms with Crippen LogP contribution in [0.2, 0.25) is 0 Å². The molecule has 0 saturated carbocycles. The highest BCUT2D eigenvalue weighted by atomic mass is 32.2. The molecular formula is C22H25N5O2S. The van der Waals surface area contributed by atoms with Crippen LogP contribution in [0, 0.1) is 13.8 Å². The Hall–Kier alpha value is -3.13. The molecular weight excluding hydrogens is 398 g/mol. The number of aromatic nitrogens is 3. The molecule has 156 valence electrons. The minimum absolute atomic E-state index is 0.109. The van der Waals surface area contributed by atoms with Gasteiger partial charge in [0.15, 0.2) is 5.16 Å². The summed E-state index contributed by atoms with van der Waals surface area (Å²) in [4.78, 5) is 24.7. The first-order valence-corrected chi connectivity index (χ1v) is 10.7. The van der Waals surface area contributed by atoms with E-state index in [-0.39, 0.29) is 24.0 Å². The number of amides is 2. The van der Waals surface area contributed by atoms with Crippen LogP contribution in [0.25, 0.3) is 0 Å². The molecule has 7 nitrogen and oxygen atoms in total. The summed E-state index contributed by atoms with van der Waals surface area (Å²) in [6.45, 7) is 6.52. The average molecular weight is 424 g/mol. The van der Waals surface area contributed by atoms with Crippen LogP contribution in [-0.2, 0) is 22.6 Å². The van der Waals surface area contributed by atoms with Crippen LogP contribution in [0.4, 0.5) is 11.4 Å². The third kappa shape index (κ3) is 5.70. The number of benzene rings is 2. The zero-order chi connectivity index (χ0) is 21.5. The maximum atomic E-state index is 12.4. The van der Waals surface area contributed by atoms with Crippen molar-refractivity contribution in [1.29, 1.82) is 0 Å². The quantitative estimate of drug-likeness (QED) is 0.538. The maximum Gasteiger partial charge on any atom is 0.234 e. The first kappa shape index (κ1) is 21.6. The van der Waals surface area contributed by atoms with E-state index < -0.39 is 0 Å². The van der Waals surface area contributed by atoms with Gasteiger partial charge in [0.1, 0.15) is 5.82 Å². The Morgan fingerprint density at radius 2 is 1.77 bits per heavy atom. The van der Waals surface area contributed by atoms with Crippen molar-refractivity contribution in [2.75, 3.05) is 16.4 Å². The van der Waals surface area contributed by atoms with Crippen molar-refractivity contribution in [2.24, 2.45) is 0 Å². The van der Waals surface area contributed by atoms with Crippen molar-refractivity contribution in [3.63, 3.8) is 0 Å². The van der Waals surface area contributed by atoms with Gasteiger partial charge in [0.25, 0.3) is 0 Å². The molecule has 2 N–H and O–H groups in total. The van der Waals surface area contributed by atoms with Crippen LogP contribution < -0.4 is 10.6 Å². The molecule has 8 heteroatoms. The number of rotatable bonds is 8. The number of para-hydroxylation sites is 1. The lowest BCUT2D eigenvalue weighted by atomic mass is 10.1. The Bertz CT molecular complexity index is 1030. The summed E-state index contributed by atoms with van der Waals surface area (Å²) < 4.78 is 1.86. The second kappa shape index (κ2) is 10.1. The predicted molar refractivity (Wildman–Crippen MR) is 120 cm³/mol. The van der Waals surface area contributed by atoms with Crippen LogP contribution >= 0.6 is 11.8 Å². The smallest absolute Gasteiger partial charge is 0.234 e. The molecule has 0 spiro atoms. The van der Waals surface area contributed by atoms with Crippen LogP contribution in [0.1, 0.15) is 23.9 Å². The molecule has 0 bridgehead atoms. The Morgan fingerprint density at radius 3 is 2.50 bits per heavy atom. The summed E-state index contributed by atoms with van der Waals surface area (Å²) in [5.74, 6) is 0.514. The molecule has 0 aliphatic carbocycles. The number of hydrogen-bond donors (Lipinski definition) is 2. The number of hydrogen-bond acceptors (Lipinski definition) is 5. The van der Waals surface area contributed by atoms with Gasteiger partial charge >= 0.3 is 0 Å². The largest absolute Gasteiger partial charge is 0.326 e. The van der Waals surface area contributed by atoms with E-state index in [2.05, 4.69) is 20.8 Å². The molecule has 3 rings (SSSR count). The molecule has 0 radical (unpaired) electrons. The number of anilines is 2. The van der Waals surface area contributed by atoms with E-state index in [4.69, 9.17) is 0 Å². The van der Waals surface area contributed by atoms with Crippen molar-refractivity contribution in [3.05, 3.63) is 65.5 Å². The molecule has 2 aromatic carbocycles. The minimum atomic E-state index is -0.160. The fourth-order valence-corrected chi connectivity index (χ4v) is 3.75. The lowest BCUT2D eigenvalue weighted by molar-refractivity contribution is -0.116. The van der Waals surface area contributed by atoms with Gasteiger partial charge in [-0.15, -0.1) is 10.2 Å². The molecule has 0 saturated heterocycles. The first-order chi connectivity index (χ1) is 14.5. The fraction of sp³-hybridized carbons (Fsp3) is 0.273. The van der Waals surface area contributed by atoms with E-state index in [9.17, 15) is 9.59 Å². The summed E-state index contributed by atoms with van der Waals surface area (Å²) in [5, 5.41) is 14.7. The van der Waals surface area contributed by atoms with E-state index in [0.717, 1.165) is 22.5 Å². The van der Waals surface area contributed by atoms with Crippen molar-refractivity contribution in [1.82, 2.24) is 14.8 Å². The van der Waals surface area contributed by atoms with Crippen LogP contribution in [-0.4, -0.2) is 32.3 Å². The molecule has 0 unspecified atom stereocenters. The SMILES string of the molecule is CCn1c(CC(=O)Nc2ccccc2)nnc1SCC(=O)Nc1cc(C)ccc1C. The number of nitrogens with zero attached hydrogens (tertiary/aromatic N) is 3. The minimum Gasteiger partial charge on any atom is -0.326 e. The second-order valence-electron chi connectivity index (χ2n) is 6.89. The predicted octanol–water partition coefficient (Wildman–Crippen LogP) is 3.83. The summed E-state index contributed by atoms with van der Waals surface area (Å²) in [6, 6.07) is 15.2. The summed E-state index contributed by atoms with van der Waals surface area (Å²) in [6.07, 6.45) is 0.116. The van der Waals surface area contributed by atoms with Crippen molar-refractivity contribution in [2.45, 2.75) is 38.9 Å². The van der Waals surface area contributed by atoms with E-state index in [0.29, 0.717) is 17.5 Å². The first-order valence-electron chi connectivity index (χ1n) is 9.73. The van der Waals surface area contributed by atoms with Crippen LogP contribution in [0.5, 0.6) is 0 Å². The highest BCUT2D eigenvalue weighted by molar-refractivity contribution is 7.99. The zero-order valence-electron chi connectivity index (χ0n) is 17.3. The van der Waals surface area contributed by atoms with Gasteiger partial charge in [-0.3, -0.25) is 9.59 Å². The van der Waals surface area contributed by atoms with Gasteiger partial charge in [-0.05, 0) is 50.1 Å². The van der Waals surface area contributed by atoms with Crippen LogP contribution in [0.15, 0.2) is 53.7 Å². The van der Waals surface area contributed by atoms with Gasteiger partial charge in [-0.25, -0.2) is 0 Å². The number of carbonyl (C=O) groups is 2. The Balaban J connectivity index is 1.59. The second-order valence-corrected chi connectivity index (χ2v) is 7.83. The summed E-state index contributed by atoms with van der Waals surface area (Å²) in [5.41, 5.74) is 3.66. The Morgan fingerprint density at radius 1 is 1.00 bits per heavy atom. The fourth-order valence-electron chi connectivity index (χ4n) is 2.93. The number of nitrogens with one attached hydrogen (secondary N) is 2. The molecule has 0 atom stereocenters. The van der Waals surface area contributed by atoms with Crippen molar-refractivity contribution >= 4 is 35.0 Å². The van der Waals surface area contributed by atoms with Gasteiger partial charge in [0.05, 0.1) is 12.2 Å². The van der Waals surface area contributed by atoms with Gasteiger partial charge in [-0.1, -0.05) is 42.1 Å².